The number of ether oxygens (including phenoxy) is 1. The minimum Gasteiger partial charge on any atom is -0.495 e. The Morgan fingerprint density at radius 2 is 2.20 bits per heavy atom. The lowest BCUT2D eigenvalue weighted by Gasteiger charge is -2.07. The molecule has 3 nitrogen and oxygen atoms in total. The van der Waals surface area contributed by atoms with Crippen LogP contribution in [0.15, 0.2) is 18.2 Å². The number of carbonyl (C=O) groups is 1. The van der Waals surface area contributed by atoms with Gasteiger partial charge in [-0.3, -0.25) is 4.79 Å². The molecule has 0 radical (unpaired) electrons. The first-order valence-corrected chi connectivity index (χ1v) is 7.59. The van der Waals surface area contributed by atoms with E-state index < -0.39 is 0 Å². The van der Waals surface area contributed by atoms with Gasteiger partial charge in [-0.15, -0.1) is 11.3 Å². The summed E-state index contributed by atoms with van der Waals surface area (Å²) in [7, 11) is 1.55. The maximum Gasteiger partial charge on any atom is 0.196 e. The van der Waals surface area contributed by atoms with Crippen LogP contribution in [0.25, 0.3) is 0 Å². The van der Waals surface area contributed by atoms with Gasteiger partial charge >= 0.3 is 0 Å². The molecule has 5 heteroatoms. The number of hydrogen-bond donors (Lipinski definition) is 1. The van der Waals surface area contributed by atoms with Crippen molar-refractivity contribution in [3.05, 3.63) is 44.8 Å². The second-order valence-corrected chi connectivity index (χ2v) is 6.32. The van der Waals surface area contributed by atoms with Gasteiger partial charge < -0.3 is 10.5 Å². The summed E-state index contributed by atoms with van der Waals surface area (Å²) in [5.74, 6) is 0.512. The van der Waals surface area contributed by atoms with Crippen LogP contribution in [0.3, 0.4) is 0 Å². The van der Waals surface area contributed by atoms with Crippen molar-refractivity contribution >= 4 is 33.7 Å². The zero-order valence-electron chi connectivity index (χ0n) is 11.0. The smallest absolute Gasteiger partial charge is 0.196 e. The molecule has 1 aliphatic carbocycles. The Morgan fingerprint density at radius 3 is 2.90 bits per heavy atom. The lowest BCUT2D eigenvalue weighted by molar-refractivity contribution is 0.103. The maximum atomic E-state index is 12.7. The van der Waals surface area contributed by atoms with Crippen molar-refractivity contribution in [2.45, 2.75) is 19.3 Å². The Kier molecular flexibility index (Phi) is 3.44. The molecular weight excluding hydrogens is 294 g/mol. The zero-order chi connectivity index (χ0) is 14.3. The summed E-state index contributed by atoms with van der Waals surface area (Å²) in [5.41, 5.74) is 8.37. The number of thiophene rings is 1. The van der Waals surface area contributed by atoms with Crippen LogP contribution < -0.4 is 10.5 Å². The van der Waals surface area contributed by atoms with E-state index in [1.165, 1.54) is 16.2 Å². The molecule has 0 aliphatic heterocycles. The number of nitrogens with two attached hydrogens (primary N) is 1. The number of anilines is 1. The zero-order valence-corrected chi connectivity index (χ0v) is 12.6. The number of carbonyl (C=O) groups excluding carboxylic acids is 1. The van der Waals surface area contributed by atoms with Gasteiger partial charge in [0.15, 0.2) is 5.78 Å². The highest BCUT2D eigenvalue weighted by atomic mass is 35.5. The minimum atomic E-state index is -0.0496. The van der Waals surface area contributed by atoms with Gasteiger partial charge in [0, 0.05) is 10.4 Å². The van der Waals surface area contributed by atoms with Crippen LogP contribution in [0.1, 0.15) is 32.8 Å². The Balaban J connectivity index is 2.03. The van der Waals surface area contributed by atoms with Crippen LogP contribution >= 0.6 is 22.9 Å². The number of benzene rings is 1. The molecule has 2 N–H and O–H groups in total. The summed E-state index contributed by atoms with van der Waals surface area (Å²) < 4.78 is 5.10. The molecule has 0 amide bonds. The van der Waals surface area contributed by atoms with Crippen LogP contribution in [0.4, 0.5) is 5.00 Å². The van der Waals surface area contributed by atoms with Crippen molar-refractivity contribution in [1.82, 2.24) is 0 Å². The first kappa shape index (κ1) is 13.5. The Hall–Kier alpha value is -1.52. The van der Waals surface area contributed by atoms with E-state index in [-0.39, 0.29) is 5.78 Å². The van der Waals surface area contributed by atoms with Gasteiger partial charge in [0.1, 0.15) is 5.75 Å². The highest BCUT2D eigenvalue weighted by Gasteiger charge is 2.26. The lowest BCUT2D eigenvalue weighted by Crippen LogP contribution is -2.06. The third-order valence-corrected chi connectivity index (χ3v) is 5.01. The van der Waals surface area contributed by atoms with Crippen molar-refractivity contribution in [2.75, 3.05) is 12.8 Å². The quantitative estimate of drug-likeness (QED) is 0.879. The molecule has 104 valence electrons. The molecule has 0 bridgehead atoms. The highest BCUT2D eigenvalue weighted by Crippen LogP contribution is 2.38. The number of rotatable bonds is 3. The summed E-state index contributed by atoms with van der Waals surface area (Å²) in [6.45, 7) is 0. The average Bonchev–Trinajstić information content (AvgIpc) is 2.97. The number of fused-ring (bicyclic) bond motifs is 1. The van der Waals surface area contributed by atoms with Crippen LogP contribution in [0.5, 0.6) is 5.75 Å². The normalized spacial score (nSPS) is 13.3. The molecule has 2 aromatic rings. The van der Waals surface area contributed by atoms with Gasteiger partial charge in [0.05, 0.1) is 22.7 Å². The van der Waals surface area contributed by atoms with Gasteiger partial charge in [-0.1, -0.05) is 11.6 Å². The van der Waals surface area contributed by atoms with E-state index in [2.05, 4.69) is 0 Å². The first-order valence-electron chi connectivity index (χ1n) is 6.40. The van der Waals surface area contributed by atoms with E-state index in [1.54, 1.807) is 25.3 Å². The van der Waals surface area contributed by atoms with Gasteiger partial charge in [0.25, 0.3) is 0 Å². The third kappa shape index (κ3) is 2.09. The molecule has 1 aromatic heterocycles. The number of aryl methyl sites for hydroxylation is 1. The van der Waals surface area contributed by atoms with E-state index in [0.717, 1.165) is 24.8 Å². The van der Waals surface area contributed by atoms with Gasteiger partial charge in [-0.05, 0) is 43.0 Å². The maximum absolute atomic E-state index is 12.7. The molecule has 0 saturated heterocycles. The summed E-state index contributed by atoms with van der Waals surface area (Å²) >= 11 is 7.62. The molecule has 0 atom stereocenters. The Bertz CT molecular complexity index is 693. The Labute approximate surface area is 126 Å². The highest BCUT2D eigenvalue weighted by molar-refractivity contribution is 7.16. The standard InChI is InChI=1S/C15H14ClNO2S/c1-19-11-6-5-8(7-10(11)16)14(18)13-9-3-2-4-12(9)20-15(13)17/h5-7H,2-4,17H2,1H3. The average molecular weight is 308 g/mol. The molecule has 3 rings (SSSR count). The number of nitrogen functional groups attached to an aromatic ring is 1. The second kappa shape index (κ2) is 5.11. The van der Waals surface area contributed by atoms with Crippen molar-refractivity contribution in [3.8, 4) is 5.75 Å². The van der Waals surface area contributed by atoms with Gasteiger partial charge in [-0.2, -0.15) is 0 Å². The summed E-state index contributed by atoms with van der Waals surface area (Å²) in [5, 5.41) is 1.05. The van der Waals surface area contributed by atoms with E-state index in [9.17, 15) is 4.79 Å². The molecule has 0 unspecified atom stereocenters. The first-order chi connectivity index (χ1) is 9.61. The second-order valence-electron chi connectivity index (χ2n) is 4.78. The summed E-state index contributed by atoms with van der Waals surface area (Å²) in [6, 6.07) is 5.07. The molecule has 1 heterocycles. The van der Waals surface area contributed by atoms with E-state index in [0.29, 0.717) is 26.9 Å². The lowest BCUT2D eigenvalue weighted by atomic mass is 10.0. The van der Waals surface area contributed by atoms with Crippen molar-refractivity contribution in [2.24, 2.45) is 0 Å². The molecule has 0 fully saturated rings. The van der Waals surface area contributed by atoms with Crippen LogP contribution in [0.2, 0.25) is 5.02 Å². The molecular formula is C15H14ClNO2S. The van der Waals surface area contributed by atoms with Crippen molar-refractivity contribution in [3.63, 3.8) is 0 Å². The van der Waals surface area contributed by atoms with E-state index in [1.807, 2.05) is 0 Å². The molecule has 1 aliphatic rings. The molecule has 1 aromatic carbocycles. The monoisotopic (exact) mass is 307 g/mol. The van der Waals surface area contributed by atoms with Gasteiger partial charge in [-0.25, -0.2) is 0 Å². The number of halogens is 1. The van der Waals surface area contributed by atoms with Crippen LogP contribution in [0, 0.1) is 0 Å². The number of hydrogen-bond acceptors (Lipinski definition) is 4. The molecule has 0 spiro atoms. The third-order valence-electron chi connectivity index (χ3n) is 3.59. The fourth-order valence-corrected chi connectivity index (χ4v) is 4.04. The predicted molar refractivity (Wildman–Crippen MR) is 82.2 cm³/mol. The topological polar surface area (TPSA) is 52.3 Å². The SMILES string of the molecule is COc1ccc(C(=O)c2c(N)sc3c2CCC3)cc1Cl. The summed E-state index contributed by atoms with van der Waals surface area (Å²) in [6.07, 6.45) is 3.07. The predicted octanol–water partition coefficient (Wildman–Crippen LogP) is 3.71. The van der Waals surface area contributed by atoms with Crippen LogP contribution in [-0.2, 0) is 12.8 Å². The number of ketones is 1. The molecule has 0 saturated carbocycles. The fourth-order valence-electron chi connectivity index (χ4n) is 2.63. The van der Waals surface area contributed by atoms with Crippen molar-refractivity contribution in [1.29, 1.82) is 0 Å². The minimum absolute atomic E-state index is 0.0496. The van der Waals surface area contributed by atoms with E-state index in [4.69, 9.17) is 22.1 Å². The summed E-state index contributed by atoms with van der Waals surface area (Å²) in [4.78, 5) is 13.9. The Morgan fingerprint density at radius 1 is 1.40 bits per heavy atom. The molecule has 20 heavy (non-hydrogen) atoms. The largest absolute Gasteiger partial charge is 0.495 e. The number of methoxy groups -OCH3 is 1. The van der Waals surface area contributed by atoms with Crippen molar-refractivity contribution < 1.29 is 9.53 Å². The van der Waals surface area contributed by atoms with Gasteiger partial charge in [0.2, 0.25) is 0 Å². The van der Waals surface area contributed by atoms with E-state index >= 15 is 0 Å². The van der Waals surface area contributed by atoms with Crippen LogP contribution in [-0.4, -0.2) is 12.9 Å². The fraction of sp³-hybridized carbons (Fsp3) is 0.267.